The van der Waals surface area contributed by atoms with Gasteiger partial charge in [-0.1, -0.05) is 120 Å². The van der Waals surface area contributed by atoms with E-state index in [4.69, 9.17) is 4.43 Å². The molecular formula is C33H48NO2PSSi. The molecule has 3 rings (SSSR count). The third-order valence-corrected chi connectivity index (χ3v) is 17.8. The Hall–Kier alpha value is -1.78. The van der Waals surface area contributed by atoms with E-state index in [0.29, 0.717) is 16.6 Å². The molecule has 0 amide bonds. The summed E-state index contributed by atoms with van der Waals surface area (Å²) in [6.45, 7) is 20.0. The van der Waals surface area contributed by atoms with Crippen LogP contribution in [0.25, 0.3) is 0 Å². The molecule has 0 aliphatic carbocycles. The molecular weight excluding hydrogens is 533 g/mol. The van der Waals surface area contributed by atoms with Crippen LogP contribution in [0.3, 0.4) is 0 Å². The van der Waals surface area contributed by atoms with Crippen LogP contribution in [0.4, 0.5) is 0 Å². The highest BCUT2D eigenvalue weighted by atomic mass is 32.2. The molecule has 0 saturated carbocycles. The van der Waals surface area contributed by atoms with E-state index in [-0.39, 0.29) is 10.8 Å². The van der Waals surface area contributed by atoms with Crippen LogP contribution in [0.1, 0.15) is 73.9 Å². The zero-order chi connectivity index (χ0) is 28.8. The van der Waals surface area contributed by atoms with Crippen molar-refractivity contribution in [2.75, 3.05) is 6.16 Å². The normalized spacial score (nSPS) is 14.3. The molecule has 0 heterocycles. The molecule has 2 unspecified atom stereocenters. The van der Waals surface area contributed by atoms with Crippen molar-refractivity contribution in [3.05, 3.63) is 90.5 Å². The van der Waals surface area contributed by atoms with E-state index in [2.05, 4.69) is 131 Å². The lowest BCUT2D eigenvalue weighted by atomic mass is 10.1. The van der Waals surface area contributed by atoms with E-state index < -0.39 is 27.2 Å². The van der Waals surface area contributed by atoms with Gasteiger partial charge in [-0.3, -0.25) is 0 Å². The lowest BCUT2D eigenvalue weighted by Crippen LogP contribution is -2.51. The second-order valence-electron chi connectivity index (χ2n) is 12.3. The number of benzene rings is 3. The minimum Gasteiger partial charge on any atom is -0.542 e. The molecule has 3 nitrogen and oxygen atoms in total. The summed E-state index contributed by atoms with van der Waals surface area (Å²) in [4.78, 5) is 0. The van der Waals surface area contributed by atoms with Gasteiger partial charge >= 0.3 is 0 Å². The number of hydrogen-bond acceptors (Lipinski definition) is 2. The summed E-state index contributed by atoms with van der Waals surface area (Å²) in [5, 5.41) is 2.64. The van der Waals surface area contributed by atoms with Gasteiger partial charge in [0.25, 0.3) is 8.32 Å². The molecule has 0 fully saturated rings. The predicted octanol–water partition coefficient (Wildman–Crippen LogP) is 8.47. The van der Waals surface area contributed by atoms with E-state index in [9.17, 15) is 4.21 Å². The number of para-hydroxylation sites is 1. The Morgan fingerprint density at radius 3 is 1.62 bits per heavy atom. The van der Waals surface area contributed by atoms with Gasteiger partial charge in [-0.15, -0.1) is 0 Å². The summed E-state index contributed by atoms with van der Waals surface area (Å²) in [6, 6.07) is 29.9. The molecule has 3 aromatic carbocycles. The summed E-state index contributed by atoms with van der Waals surface area (Å²) in [5.74, 6) is 0.944. The van der Waals surface area contributed by atoms with Gasteiger partial charge < -0.3 is 4.43 Å². The fourth-order valence-electron chi connectivity index (χ4n) is 5.67. The van der Waals surface area contributed by atoms with E-state index in [1.807, 2.05) is 20.8 Å². The van der Waals surface area contributed by atoms with Gasteiger partial charge in [-0.05, 0) is 68.2 Å². The highest BCUT2D eigenvalue weighted by molar-refractivity contribution is 7.84. The van der Waals surface area contributed by atoms with Crippen molar-refractivity contribution in [1.82, 2.24) is 4.72 Å². The molecule has 39 heavy (non-hydrogen) atoms. The van der Waals surface area contributed by atoms with Crippen molar-refractivity contribution in [1.29, 1.82) is 0 Å². The second-order valence-corrected chi connectivity index (χ2v) is 21.9. The van der Waals surface area contributed by atoms with Gasteiger partial charge in [0.05, 0.1) is 21.8 Å². The molecule has 0 aliphatic rings. The van der Waals surface area contributed by atoms with Crippen LogP contribution in [0.2, 0.25) is 16.6 Å². The van der Waals surface area contributed by atoms with Crippen LogP contribution in [-0.4, -0.2) is 23.4 Å². The van der Waals surface area contributed by atoms with Crippen molar-refractivity contribution in [3.8, 4) is 5.75 Å². The maximum Gasteiger partial charge on any atom is 0.258 e. The van der Waals surface area contributed by atoms with E-state index in [1.165, 1.54) is 10.6 Å². The van der Waals surface area contributed by atoms with Crippen LogP contribution in [0.5, 0.6) is 5.75 Å². The Labute approximate surface area is 242 Å². The van der Waals surface area contributed by atoms with Crippen LogP contribution in [0, 0.1) is 0 Å². The van der Waals surface area contributed by atoms with Crippen LogP contribution in [0.15, 0.2) is 84.9 Å². The first-order chi connectivity index (χ1) is 18.4. The summed E-state index contributed by atoms with van der Waals surface area (Å²) < 4.78 is 24.1. The average Bonchev–Trinajstić information content (AvgIpc) is 2.89. The molecule has 2 atom stereocenters. The molecule has 0 bridgehead atoms. The first kappa shape index (κ1) is 31.7. The Kier molecular flexibility index (Phi) is 11.2. The van der Waals surface area contributed by atoms with Gasteiger partial charge in [-0.2, -0.15) is 0 Å². The second kappa shape index (κ2) is 13.7. The number of rotatable bonds is 12. The minimum absolute atomic E-state index is 0.133. The smallest absolute Gasteiger partial charge is 0.258 e. The van der Waals surface area contributed by atoms with Crippen LogP contribution >= 0.6 is 7.92 Å². The lowest BCUT2D eigenvalue weighted by Gasteiger charge is -2.43. The highest BCUT2D eigenvalue weighted by Gasteiger charge is 2.47. The molecule has 3 aromatic rings. The van der Waals surface area contributed by atoms with Crippen molar-refractivity contribution in [3.63, 3.8) is 0 Å². The van der Waals surface area contributed by atoms with E-state index in [0.717, 1.165) is 17.5 Å². The highest BCUT2D eigenvalue weighted by Crippen LogP contribution is 2.46. The summed E-state index contributed by atoms with van der Waals surface area (Å²) >= 11 is 0. The zero-order valence-corrected chi connectivity index (χ0v) is 28.0. The molecule has 0 spiro atoms. The first-order valence-corrected chi connectivity index (χ1v) is 19.0. The number of nitrogens with one attached hydrogen (secondary N) is 1. The fourth-order valence-corrected chi connectivity index (χ4v) is 14.3. The standard InChI is InChI=1S/C33H48NO2PSSi/c1-25(2)39(26(3)4,27(5)6)36-32-23-17-16-22-30(32)31(34-38(35)33(7,8)9)24-37(28-18-12-10-13-19-28)29-20-14-11-15-21-29/h10-23,25-27,31,34H,24H2,1-9H3. The summed E-state index contributed by atoms with van der Waals surface area (Å²) in [5.41, 5.74) is 2.50. The summed E-state index contributed by atoms with van der Waals surface area (Å²) in [6.07, 6.45) is 0.825. The van der Waals surface area contributed by atoms with Gasteiger partial charge in [-0.25, -0.2) is 8.93 Å². The van der Waals surface area contributed by atoms with Crippen LogP contribution in [-0.2, 0) is 11.0 Å². The van der Waals surface area contributed by atoms with E-state index >= 15 is 0 Å². The van der Waals surface area contributed by atoms with Crippen molar-refractivity contribution >= 4 is 37.8 Å². The quantitative estimate of drug-likeness (QED) is 0.172. The molecule has 212 valence electrons. The molecule has 0 saturated heterocycles. The van der Waals surface area contributed by atoms with Crippen molar-refractivity contribution in [2.45, 2.75) is 89.7 Å². The van der Waals surface area contributed by atoms with Gasteiger partial charge in [0.2, 0.25) is 0 Å². The molecule has 6 heteroatoms. The topological polar surface area (TPSA) is 38.3 Å². The van der Waals surface area contributed by atoms with Gasteiger partial charge in [0.1, 0.15) is 5.75 Å². The van der Waals surface area contributed by atoms with Crippen molar-refractivity contribution in [2.24, 2.45) is 0 Å². The Morgan fingerprint density at radius 1 is 0.744 bits per heavy atom. The third kappa shape index (κ3) is 7.70. The Morgan fingerprint density at radius 2 is 1.18 bits per heavy atom. The van der Waals surface area contributed by atoms with E-state index in [1.54, 1.807) is 0 Å². The number of hydrogen-bond donors (Lipinski definition) is 1. The molecule has 0 aromatic heterocycles. The molecule has 0 radical (unpaired) electrons. The SMILES string of the molecule is CC(C)[Si](Oc1ccccc1C(CP(c1ccccc1)c1ccccc1)NS(=O)C(C)(C)C)(C(C)C)C(C)C. The zero-order valence-electron chi connectivity index (χ0n) is 25.3. The van der Waals surface area contributed by atoms with Crippen molar-refractivity contribution < 1.29 is 8.63 Å². The fraction of sp³-hybridized carbons (Fsp3) is 0.455. The first-order valence-electron chi connectivity index (χ1n) is 14.2. The third-order valence-electron chi connectivity index (χ3n) is 7.59. The van der Waals surface area contributed by atoms with Gasteiger partial charge in [0, 0.05) is 5.56 Å². The summed E-state index contributed by atoms with van der Waals surface area (Å²) in [7, 11) is -4.13. The predicted molar refractivity (Wildman–Crippen MR) is 176 cm³/mol. The monoisotopic (exact) mass is 581 g/mol. The minimum atomic E-state index is -2.19. The Balaban J connectivity index is 2.15. The largest absolute Gasteiger partial charge is 0.542 e. The average molecular weight is 582 g/mol. The van der Waals surface area contributed by atoms with Gasteiger partial charge in [0.15, 0.2) is 0 Å². The lowest BCUT2D eigenvalue weighted by molar-refractivity contribution is 0.469. The maximum absolute atomic E-state index is 13.6. The maximum atomic E-state index is 13.6. The molecule has 1 N–H and O–H groups in total. The Bertz CT molecular complexity index is 1130. The van der Waals surface area contributed by atoms with Crippen LogP contribution < -0.4 is 19.8 Å². The molecule has 0 aliphatic heterocycles.